The molecule has 124 valence electrons. The van der Waals surface area contributed by atoms with Gasteiger partial charge in [-0.25, -0.2) is 0 Å². The van der Waals surface area contributed by atoms with Gasteiger partial charge in [-0.15, -0.1) is 0 Å². The predicted molar refractivity (Wildman–Crippen MR) is 76.2 cm³/mol. The van der Waals surface area contributed by atoms with Crippen molar-refractivity contribution in [3.05, 3.63) is 11.4 Å². The lowest BCUT2D eigenvalue weighted by molar-refractivity contribution is -0.145. The summed E-state index contributed by atoms with van der Waals surface area (Å²) in [5.41, 5.74) is 4.68. The molecule has 0 amide bonds. The van der Waals surface area contributed by atoms with Gasteiger partial charge < -0.3 is 25.0 Å². The first-order valence-electron chi connectivity index (χ1n) is 7.05. The Morgan fingerprint density at radius 3 is 2.32 bits per heavy atom. The van der Waals surface area contributed by atoms with Gasteiger partial charge in [0, 0.05) is 17.7 Å². The van der Waals surface area contributed by atoms with E-state index in [0.29, 0.717) is 5.57 Å². The molecule has 2 saturated carbocycles. The van der Waals surface area contributed by atoms with Gasteiger partial charge in [0.25, 0.3) is 0 Å². The quantitative estimate of drug-likeness (QED) is 0.592. The molecule has 0 radical (unpaired) electrons. The predicted octanol–water partition coefficient (Wildman–Crippen LogP) is 1.27. The van der Waals surface area contributed by atoms with Crippen molar-refractivity contribution in [1.82, 2.24) is 0 Å². The summed E-state index contributed by atoms with van der Waals surface area (Å²) in [6.45, 7) is 3.63. The molecule has 0 saturated heterocycles. The molecule has 0 aliphatic heterocycles. The highest BCUT2D eigenvalue weighted by Gasteiger charge is 2.72. The van der Waals surface area contributed by atoms with Gasteiger partial charge in [0.2, 0.25) is 0 Å². The molecule has 0 heterocycles. The smallest absolute Gasteiger partial charge is 0.354 e. The summed E-state index contributed by atoms with van der Waals surface area (Å²) in [6.07, 6.45) is -0.0500. The zero-order valence-corrected chi connectivity index (χ0v) is 13.3. The Kier molecular flexibility index (Phi) is 4.50. The molecule has 22 heavy (non-hydrogen) atoms. The van der Waals surface area contributed by atoms with E-state index in [1.807, 2.05) is 0 Å². The van der Waals surface area contributed by atoms with Crippen molar-refractivity contribution in [3.8, 4) is 0 Å². The summed E-state index contributed by atoms with van der Waals surface area (Å²) in [6, 6.07) is 0. The van der Waals surface area contributed by atoms with E-state index in [2.05, 4.69) is 0 Å². The Balaban J connectivity index is 2.36. The molecule has 0 aromatic heterocycles. The van der Waals surface area contributed by atoms with E-state index < -0.39 is 42.8 Å². The second-order valence-electron chi connectivity index (χ2n) is 5.52. The Bertz CT molecular complexity index is 565. The number of carboxylic acid groups (broad SMARTS) is 2. The van der Waals surface area contributed by atoms with Crippen LogP contribution in [0.25, 0.3) is 0 Å². The normalized spacial score (nSPS) is 35.4. The van der Waals surface area contributed by atoms with Crippen LogP contribution in [-0.4, -0.2) is 40.9 Å². The maximum absolute atomic E-state index is 12.5. The van der Waals surface area contributed by atoms with Crippen LogP contribution in [0.5, 0.6) is 0 Å². The lowest BCUT2D eigenvalue weighted by Gasteiger charge is -2.22. The second-order valence-corrected chi connectivity index (χ2v) is 7.37. The van der Waals surface area contributed by atoms with Crippen molar-refractivity contribution in [2.24, 2.45) is 23.5 Å². The summed E-state index contributed by atoms with van der Waals surface area (Å²) >= 11 is 0. The van der Waals surface area contributed by atoms with Gasteiger partial charge in [-0.3, -0.25) is 14.2 Å². The summed E-state index contributed by atoms with van der Waals surface area (Å²) < 4.78 is 22.8. The molecular formula is C13H20NO7P. The number of fused-ring (bicyclic) bond motifs is 1. The fourth-order valence-electron chi connectivity index (χ4n) is 3.32. The molecule has 0 unspecified atom stereocenters. The summed E-state index contributed by atoms with van der Waals surface area (Å²) in [4.78, 5) is 22.7. The van der Waals surface area contributed by atoms with Crippen LogP contribution in [0.2, 0.25) is 0 Å². The van der Waals surface area contributed by atoms with Crippen LogP contribution in [-0.2, 0) is 23.2 Å². The summed E-state index contributed by atoms with van der Waals surface area (Å²) in [7, 11) is -3.53. The third kappa shape index (κ3) is 2.72. The van der Waals surface area contributed by atoms with Gasteiger partial charge in [0.05, 0.1) is 19.1 Å². The number of hydrogen-bond acceptors (Lipinski definition) is 6. The third-order valence-electron chi connectivity index (χ3n) is 4.16. The molecular weight excluding hydrogens is 313 g/mol. The zero-order chi connectivity index (χ0) is 16.7. The van der Waals surface area contributed by atoms with Gasteiger partial charge in [-0.05, 0) is 20.3 Å². The van der Waals surface area contributed by atoms with E-state index in [0.717, 1.165) is 0 Å². The highest BCUT2D eigenvalue weighted by Crippen LogP contribution is 2.66. The van der Waals surface area contributed by atoms with E-state index in [-0.39, 0.29) is 19.6 Å². The van der Waals surface area contributed by atoms with Crippen molar-refractivity contribution in [2.45, 2.75) is 25.8 Å². The molecule has 2 rings (SSSR count). The molecule has 0 bridgehead atoms. The second kappa shape index (κ2) is 5.77. The topological polar surface area (TPSA) is 136 Å². The fraction of sp³-hybridized carbons (Fsp3) is 0.692. The van der Waals surface area contributed by atoms with E-state index in [4.69, 9.17) is 14.8 Å². The van der Waals surface area contributed by atoms with E-state index in [9.17, 15) is 24.4 Å². The summed E-state index contributed by atoms with van der Waals surface area (Å²) in [5.74, 6) is -3.16. The first-order valence-corrected chi connectivity index (χ1v) is 8.67. The van der Waals surface area contributed by atoms with Gasteiger partial charge in [0.1, 0.15) is 5.54 Å². The average molecular weight is 333 g/mol. The van der Waals surface area contributed by atoms with E-state index in [1.54, 1.807) is 13.8 Å². The SMILES string of the molecule is CCOP(=O)(/C=C1/C[C@@](N)(C(=O)O)[C@@H]2[C@@H](C(=O)O)[C@H]12)OCC. The Labute approximate surface area is 127 Å². The van der Waals surface area contributed by atoms with Crippen molar-refractivity contribution < 1.29 is 33.4 Å². The number of aliphatic carboxylic acids is 2. The van der Waals surface area contributed by atoms with Gasteiger partial charge >= 0.3 is 19.5 Å². The largest absolute Gasteiger partial charge is 0.481 e. The van der Waals surface area contributed by atoms with E-state index >= 15 is 0 Å². The number of rotatable bonds is 7. The molecule has 2 fully saturated rings. The van der Waals surface area contributed by atoms with Crippen LogP contribution in [0.15, 0.2) is 11.4 Å². The van der Waals surface area contributed by atoms with Crippen LogP contribution < -0.4 is 5.73 Å². The van der Waals surface area contributed by atoms with Crippen LogP contribution in [0.4, 0.5) is 0 Å². The zero-order valence-electron chi connectivity index (χ0n) is 12.4. The average Bonchev–Trinajstić information content (AvgIpc) is 3.07. The number of hydrogen-bond donors (Lipinski definition) is 3. The van der Waals surface area contributed by atoms with Crippen LogP contribution in [0.1, 0.15) is 20.3 Å². The van der Waals surface area contributed by atoms with Crippen LogP contribution in [0.3, 0.4) is 0 Å². The maximum atomic E-state index is 12.5. The van der Waals surface area contributed by atoms with Crippen LogP contribution >= 0.6 is 7.60 Å². The standard InChI is InChI=1S/C13H20NO7P/c1-3-20-22(19,21-4-2)6-7-5-13(14,12(17)18)10-8(7)9(10)11(15)16/h6,8-10H,3-5,14H2,1-2H3,(H,15,16)(H,17,18)/b7-6-/t8-,9-,10-,13-/m0/s1. The Hall–Kier alpha value is -1.21. The molecule has 8 nitrogen and oxygen atoms in total. The highest BCUT2D eigenvalue weighted by molar-refractivity contribution is 7.57. The minimum Gasteiger partial charge on any atom is -0.481 e. The maximum Gasteiger partial charge on any atom is 0.354 e. The number of carbonyl (C=O) groups is 2. The molecule has 4 N–H and O–H groups in total. The minimum absolute atomic E-state index is 0.0500. The Morgan fingerprint density at radius 2 is 1.91 bits per heavy atom. The molecule has 0 spiro atoms. The van der Waals surface area contributed by atoms with Crippen molar-refractivity contribution in [2.75, 3.05) is 13.2 Å². The molecule has 9 heteroatoms. The van der Waals surface area contributed by atoms with Crippen LogP contribution in [0, 0.1) is 17.8 Å². The van der Waals surface area contributed by atoms with E-state index in [1.165, 1.54) is 5.82 Å². The molecule has 0 aromatic rings. The number of carboxylic acids is 2. The lowest BCUT2D eigenvalue weighted by atomic mass is 9.90. The van der Waals surface area contributed by atoms with Crippen molar-refractivity contribution in [1.29, 1.82) is 0 Å². The number of nitrogens with two attached hydrogens (primary N) is 1. The van der Waals surface area contributed by atoms with Crippen molar-refractivity contribution in [3.63, 3.8) is 0 Å². The fourth-order valence-corrected chi connectivity index (χ4v) is 4.93. The monoisotopic (exact) mass is 333 g/mol. The third-order valence-corrected chi connectivity index (χ3v) is 6.05. The summed E-state index contributed by atoms with van der Waals surface area (Å²) in [5, 5.41) is 18.5. The first-order chi connectivity index (χ1) is 10.2. The lowest BCUT2D eigenvalue weighted by Crippen LogP contribution is -2.49. The minimum atomic E-state index is -3.53. The highest BCUT2D eigenvalue weighted by atomic mass is 31.2. The first kappa shape index (κ1) is 17.1. The molecule has 0 aromatic carbocycles. The molecule has 2 aliphatic rings. The van der Waals surface area contributed by atoms with Gasteiger partial charge in [-0.2, -0.15) is 0 Å². The molecule has 2 aliphatic carbocycles. The van der Waals surface area contributed by atoms with Gasteiger partial charge in [0.15, 0.2) is 0 Å². The van der Waals surface area contributed by atoms with Gasteiger partial charge in [-0.1, -0.05) is 5.57 Å². The van der Waals surface area contributed by atoms with Crippen molar-refractivity contribution >= 4 is 19.5 Å². The Morgan fingerprint density at radius 1 is 1.36 bits per heavy atom. The molecule has 4 atom stereocenters.